The Morgan fingerprint density at radius 3 is 1.81 bits per heavy atom. The summed E-state index contributed by atoms with van der Waals surface area (Å²) < 4.78 is 106. The molecule has 53 heavy (non-hydrogen) atoms. The number of rotatable bonds is 14. The molecule has 0 radical (unpaired) electrons. The average Bonchev–Trinajstić information content (AvgIpc) is 3.09. The maximum atomic E-state index is 13.9. The Hall–Kier alpha value is -4.21. The molecule has 9 nitrogen and oxygen atoms in total. The fraction of sp³-hybridized carbons (Fsp3) is 0.378. The minimum atomic E-state index is -5.06. The van der Waals surface area contributed by atoms with Crippen LogP contribution in [-0.4, -0.2) is 78.5 Å². The molecule has 0 amide bonds. The second-order valence-electron chi connectivity index (χ2n) is 12.9. The summed E-state index contributed by atoms with van der Waals surface area (Å²) >= 11 is 0. The number of ether oxygens (including phenoxy) is 4. The number of anilines is 1. The Balaban J connectivity index is 0.00000756. The van der Waals surface area contributed by atoms with Crippen molar-refractivity contribution in [3.8, 4) is 34.1 Å². The zero-order valence-electron chi connectivity index (χ0n) is 29.6. The summed E-state index contributed by atoms with van der Waals surface area (Å²) in [6.45, 7) is 6.09. The molecule has 0 unspecified atom stereocenters. The third kappa shape index (κ3) is 10.7. The van der Waals surface area contributed by atoms with E-state index in [1.165, 1.54) is 52.5 Å². The van der Waals surface area contributed by atoms with Crippen molar-refractivity contribution in [2.24, 2.45) is 5.41 Å². The molecule has 0 fully saturated rings. The molecule has 3 aromatic carbocycles. The van der Waals surface area contributed by atoms with Gasteiger partial charge in [0.25, 0.3) is 0 Å². The van der Waals surface area contributed by atoms with Crippen LogP contribution in [0.2, 0.25) is 0 Å². The number of hydrogen-bond acceptors (Lipinski definition) is 8. The molecule has 0 atom stereocenters. The van der Waals surface area contributed by atoms with Crippen molar-refractivity contribution in [2.75, 3.05) is 32.8 Å². The second kappa shape index (κ2) is 17.3. The third-order valence-electron chi connectivity index (χ3n) is 8.25. The zero-order valence-corrected chi connectivity index (χ0v) is 29.6. The van der Waals surface area contributed by atoms with E-state index in [0.29, 0.717) is 46.1 Å². The number of carboxylic acids is 1. The SMILES string of the molecule is COc1cc(CN(Cc2cc(C(F)(F)F)cc(C(F)(F)F)c2)c2ncc(OCC(C)(C)C(=O)O)cn2)c(-c2cc(C(C)C)ccc2OC)cc1OC.[NaH]. The third-order valence-corrected chi connectivity index (χ3v) is 8.25. The van der Waals surface area contributed by atoms with Crippen LogP contribution in [0.4, 0.5) is 32.3 Å². The van der Waals surface area contributed by atoms with Crippen LogP contribution in [0.3, 0.4) is 0 Å². The van der Waals surface area contributed by atoms with Crippen molar-refractivity contribution in [1.82, 2.24) is 9.97 Å². The zero-order chi connectivity index (χ0) is 38.6. The molecule has 0 saturated carbocycles. The van der Waals surface area contributed by atoms with Gasteiger partial charge < -0.3 is 29.0 Å². The summed E-state index contributed by atoms with van der Waals surface area (Å²) in [6, 6.07) is 10.4. The van der Waals surface area contributed by atoms with Gasteiger partial charge in [0.15, 0.2) is 17.2 Å². The second-order valence-corrected chi connectivity index (χ2v) is 12.9. The van der Waals surface area contributed by atoms with Crippen LogP contribution in [0.1, 0.15) is 61.4 Å². The van der Waals surface area contributed by atoms with E-state index in [2.05, 4.69) is 9.97 Å². The molecule has 1 N–H and O–H groups in total. The standard InChI is InChI=1S/C37H39F6N3O6.Na.H/c1-21(2)23-8-9-30(49-5)29(12-23)28-15-32(51-7)31(50-6)13-24(28)19-46(34-44-16-27(17-45-34)52-20-35(3,4)33(47)48)18-22-10-25(36(38,39)40)14-26(11-22)37(41,42)43;;/h8-17,21H,18-20H2,1-7H3,(H,47,48);;. The number of carboxylic acid groups (broad SMARTS) is 1. The van der Waals surface area contributed by atoms with E-state index in [-0.39, 0.29) is 72.0 Å². The quantitative estimate of drug-likeness (QED) is 0.100. The summed E-state index contributed by atoms with van der Waals surface area (Å²) in [4.78, 5) is 21.6. The number of aliphatic carboxylic acids is 1. The molecule has 4 rings (SSSR count). The number of methoxy groups -OCH3 is 3. The molecule has 0 aliphatic carbocycles. The first-order valence-electron chi connectivity index (χ1n) is 15.9. The van der Waals surface area contributed by atoms with E-state index < -0.39 is 41.4 Å². The van der Waals surface area contributed by atoms with Crippen LogP contribution >= 0.6 is 0 Å². The van der Waals surface area contributed by atoms with Crippen LogP contribution in [-0.2, 0) is 30.2 Å². The number of nitrogens with zero attached hydrogens (tertiary/aromatic N) is 3. The van der Waals surface area contributed by atoms with E-state index in [4.69, 9.17) is 18.9 Å². The Bertz CT molecular complexity index is 1850. The number of hydrogen-bond donors (Lipinski definition) is 1. The van der Waals surface area contributed by atoms with E-state index in [1.807, 2.05) is 26.0 Å². The average molecular weight is 760 g/mol. The molecule has 0 bridgehead atoms. The van der Waals surface area contributed by atoms with Crippen LogP contribution in [0.25, 0.3) is 11.1 Å². The van der Waals surface area contributed by atoms with Gasteiger partial charge in [-0.15, -0.1) is 0 Å². The van der Waals surface area contributed by atoms with E-state index in [9.17, 15) is 36.2 Å². The first-order chi connectivity index (χ1) is 24.3. The topological polar surface area (TPSA) is 103 Å². The predicted octanol–water partition coefficient (Wildman–Crippen LogP) is 8.38. The summed E-state index contributed by atoms with van der Waals surface area (Å²) in [7, 11) is 4.38. The van der Waals surface area contributed by atoms with Gasteiger partial charge in [-0.2, -0.15) is 26.3 Å². The molecule has 0 spiro atoms. The fourth-order valence-electron chi connectivity index (χ4n) is 5.20. The fourth-order valence-corrected chi connectivity index (χ4v) is 5.20. The number of halogens is 6. The minimum absolute atomic E-state index is 0. The summed E-state index contributed by atoms with van der Waals surface area (Å²) in [6.07, 6.45) is -7.64. The van der Waals surface area contributed by atoms with Gasteiger partial charge in [-0.3, -0.25) is 4.79 Å². The molecule has 0 aliphatic rings. The number of carbonyl (C=O) groups is 1. The van der Waals surface area contributed by atoms with Gasteiger partial charge in [-0.25, -0.2) is 9.97 Å². The number of benzene rings is 3. The molecular formula is C37H40F6N3NaO6. The van der Waals surface area contributed by atoms with Gasteiger partial charge in [0, 0.05) is 18.7 Å². The van der Waals surface area contributed by atoms with Crippen molar-refractivity contribution in [2.45, 2.75) is 59.1 Å². The Morgan fingerprint density at radius 1 is 0.774 bits per heavy atom. The molecule has 0 aliphatic heterocycles. The Morgan fingerprint density at radius 2 is 1.32 bits per heavy atom. The van der Waals surface area contributed by atoms with Gasteiger partial charge in [-0.05, 0) is 84.5 Å². The summed E-state index contributed by atoms with van der Waals surface area (Å²) in [5.74, 6) is 0.224. The number of alkyl halides is 6. The van der Waals surface area contributed by atoms with Gasteiger partial charge in [0.2, 0.25) is 5.95 Å². The van der Waals surface area contributed by atoms with Gasteiger partial charge in [0.05, 0.1) is 50.3 Å². The molecule has 282 valence electrons. The van der Waals surface area contributed by atoms with Crippen LogP contribution in [0, 0.1) is 5.41 Å². The Kier molecular flexibility index (Phi) is 14.1. The first kappa shape index (κ1) is 43.2. The maximum absolute atomic E-state index is 13.9. The van der Waals surface area contributed by atoms with Gasteiger partial charge in [-0.1, -0.05) is 19.9 Å². The number of aromatic nitrogens is 2. The van der Waals surface area contributed by atoms with Crippen LogP contribution < -0.4 is 23.8 Å². The molecule has 1 aromatic heterocycles. The van der Waals surface area contributed by atoms with E-state index >= 15 is 0 Å². The summed E-state index contributed by atoms with van der Waals surface area (Å²) in [5, 5.41) is 9.42. The molecular weight excluding hydrogens is 719 g/mol. The Labute approximate surface area is 325 Å². The summed E-state index contributed by atoms with van der Waals surface area (Å²) in [5.41, 5.74) is -1.77. The molecule has 1 heterocycles. The van der Waals surface area contributed by atoms with Gasteiger partial charge >= 0.3 is 47.9 Å². The van der Waals surface area contributed by atoms with Crippen molar-refractivity contribution >= 4 is 41.5 Å². The van der Waals surface area contributed by atoms with Crippen molar-refractivity contribution < 1.29 is 55.2 Å². The molecule has 0 saturated heterocycles. The van der Waals surface area contributed by atoms with Crippen molar-refractivity contribution in [3.63, 3.8) is 0 Å². The van der Waals surface area contributed by atoms with E-state index in [0.717, 1.165) is 5.56 Å². The van der Waals surface area contributed by atoms with Crippen molar-refractivity contribution in [3.05, 3.63) is 88.7 Å². The van der Waals surface area contributed by atoms with Crippen LogP contribution in [0.15, 0.2) is 60.9 Å². The normalized spacial score (nSPS) is 11.9. The monoisotopic (exact) mass is 759 g/mol. The first-order valence-corrected chi connectivity index (χ1v) is 15.9. The predicted molar refractivity (Wildman–Crippen MR) is 188 cm³/mol. The van der Waals surface area contributed by atoms with Crippen molar-refractivity contribution in [1.29, 1.82) is 0 Å². The molecule has 16 heteroatoms. The molecule has 4 aromatic rings. The van der Waals surface area contributed by atoms with Gasteiger partial charge in [0.1, 0.15) is 12.4 Å². The van der Waals surface area contributed by atoms with Crippen LogP contribution in [0.5, 0.6) is 23.0 Å². The van der Waals surface area contributed by atoms with E-state index in [1.54, 1.807) is 18.2 Å².